The van der Waals surface area contributed by atoms with Gasteiger partial charge in [0.2, 0.25) is 11.8 Å². The maximum absolute atomic E-state index is 13.6. The molecule has 4 N–H and O–H groups in total. The molecule has 2 aliphatic heterocycles. The predicted octanol–water partition coefficient (Wildman–Crippen LogP) is 6.39. The molecule has 1 fully saturated rings. The first kappa shape index (κ1) is 38.8. The Kier molecular flexibility index (Phi) is 11.7. The zero-order chi connectivity index (χ0) is 39.4. The summed E-state index contributed by atoms with van der Waals surface area (Å²) in [5.74, 6) is 0.780. The van der Waals surface area contributed by atoms with Gasteiger partial charge in [0.15, 0.2) is 0 Å². The number of nitrogens with zero attached hydrogens (tertiary/aromatic N) is 4. The second kappa shape index (κ2) is 16.6. The number of amides is 4. The van der Waals surface area contributed by atoms with E-state index in [9.17, 15) is 19.2 Å². The summed E-state index contributed by atoms with van der Waals surface area (Å²) < 4.78 is 9.51. The van der Waals surface area contributed by atoms with Gasteiger partial charge in [-0.05, 0) is 53.9 Å². The summed E-state index contributed by atoms with van der Waals surface area (Å²) in [6, 6.07) is 14.4. The van der Waals surface area contributed by atoms with Crippen LogP contribution >= 0.6 is 0 Å². The summed E-state index contributed by atoms with van der Waals surface area (Å²) in [5.41, 5.74) is 6.74. The molecule has 290 valence electrons. The van der Waals surface area contributed by atoms with E-state index in [1.165, 1.54) is 14.2 Å². The number of hydrogen-bond acceptors (Lipinski definition) is 8. The van der Waals surface area contributed by atoms with Crippen LogP contribution in [-0.2, 0) is 19.1 Å². The topological polar surface area (TPSA) is 175 Å². The van der Waals surface area contributed by atoms with Gasteiger partial charge in [-0.3, -0.25) is 9.59 Å². The number of likely N-dealkylation sites (tertiary alicyclic amines) is 1. The normalized spacial score (nSPS) is 17.9. The highest BCUT2D eigenvalue weighted by atomic mass is 16.5. The summed E-state index contributed by atoms with van der Waals surface area (Å²) in [4.78, 5) is 70.8. The highest BCUT2D eigenvalue weighted by Gasteiger charge is 2.38. The van der Waals surface area contributed by atoms with Crippen LogP contribution < -0.4 is 10.6 Å². The molecule has 0 aliphatic carbocycles. The highest BCUT2D eigenvalue weighted by Crippen LogP contribution is 2.34. The molecule has 0 radical (unpaired) electrons. The van der Waals surface area contributed by atoms with Crippen LogP contribution in [0.3, 0.4) is 0 Å². The fourth-order valence-electron chi connectivity index (χ4n) is 7.26. The minimum Gasteiger partial charge on any atom is -0.453 e. The van der Waals surface area contributed by atoms with E-state index in [1.807, 2.05) is 65.0 Å². The number of benzene rings is 2. The SMILES string of the molecule is COC(=O)NC(C(=O)N1CC(C)=CC1c1ncc(-c2ccc(-c3ccc(-c4cnc(C5CCCN5C(=O)C(NC(=O)OC)C(C)C)[nH]4)cc3)cc2)[nH]1)C(C)C. The lowest BCUT2D eigenvalue weighted by molar-refractivity contribution is -0.136. The fourth-order valence-corrected chi connectivity index (χ4v) is 7.26. The van der Waals surface area contributed by atoms with Gasteiger partial charge in [0, 0.05) is 13.1 Å². The summed E-state index contributed by atoms with van der Waals surface area (Å²) in [6.45, 7) is 10.6. The van der Waals surface area contributed by atoms with Crippen LogP contribution in [0.15, 0.2) is 72.6 Å². The third kappa shape index (κ3) is 8.43. The summed E-state index contributed by atoms with van der Waals surface area (Å²) in [7, 11) is 2.57. The van der Waals surface area contributed by atoms with E-state index in [4.69, 9.17) is 9.47 Å². The van der Waals surface area contributed by atoms with Crippen LogP contribution in [0.2, 0.25) is 0 Å². The lowest BCUT2D eigenvalue weighted by Gasteiger charge is -2.30. The van der Waals surface area contributed by atoms with Crippen molar-refractivity contribution < 1.29 is 28.7 Å². The van der Waals surface area contributed by atoms with Gasteiger partial charge in [-0.1, -0.05) is 87.9 Å². The molecular formula is C41H50N8O6. The zero-order valence-corrected chi connectivity index (χ0v) is 32.4. The molecule has 4 amide bonds. The molecule has 2 aromatic carbocycles. The average molecular weight is 751 g/mol. The molecule has 4 heterocycles. The fraction of sp³-hybridized carbons (Fsp3) is 0.415. The number of carbonyl (C=O) groups is 4. The van der Waals surface area contributed by atoms with Crippen molar-refractivity contribution in [3.63, 3.8) is 0 Å². The Balaban J connectivity index is 1.12. The van der Waals surface area contributed by atoms with Crippen molar-refractivity contribution in [3.8, 4) is 33.6 Å². The Morgan fingerprint density at radius 1 is 0.709 bits per heavy atom. The summed E-state index contributed by atoms with van der Waals surface area (Å²) >= 11 is 0. The van der Waals surface area contributed by atoms with Crippen LogP contribution in [0.4, 0.5) is 9.59 Å². The number of imidazole rings is 2. The van der Waals surface area contributed by atoms with Gasteiger partial charge in [0.1, 0.15) is 29.8 Å². The van der Waals surface area contributed by atoms with Crippen molar-refractivity contribution in [3.05, 3.63) is 84.2 Å². The van der Waals surface area contributed by atoms with Gasteiger partial charge in [-0.25, -0.2) is 19.6 Å². The second-order valence-electron chi connectivity index (χ2n) is 14.8. The average Bonchev–Trinajstić information content (AvgIpc) is 4.02. The van der Waals surface area contributed by atoms with Crippen molar-refractivity contribution in [1.82, 2.24) is 40.4 Å². The molecule has 4 unspecified atom stereocenters. The van der Waals surface area contributed by atoms with Crippen molar-refractivity contribution in [2.24, 2.45) is 11.8 Å². The van der Waals surface area contributed by atoms with Crippen LogP contribution in [0.25, 0.3) is 33.6 Å². The number of aromatic amines is 2. The molecule has 4 atom stereocenters. The van der Waals surface area contributed by atoms with E-state index in [1.54, 1.807) is 22.2 Å². The molecular weight excluding hydrogens is 701 g/mol. The first-order valence-corrected chi connectivity index (χ1v) is 18.7. The van der Waals surface area contributed by atoms with E-state index >= 15 is 0 Å². The molecule has 55 heavy (non-hydrogen) atoms. The number of aromatic nitrogens is 4. The molecule has 6 rings (SSSR count). The Labute approximate surface area is 321 Å². The molecule has 0 bridgehead atoms. The Morgan fingerprint density at radius 2 is 1.16 bits per heavy atom. The number of rotatable bonds is 11. The third-order valence-corrected chi connectivity index (χ3v) is 10.3. The first-order valence-electron chi connectivity index (χ1n) is 18.7. The van der Waals surface area contributed by atoms with Crippen molar-refractivity contribution in [2.75, 3.05) is 27.3 Å². The van der Waals surface area contributed by atoms with Gasteiger partial charge in [-0.15, -0.1) is 0 Å². The van der Waals surface area contributed by atoms with Gasteiger partial charge < -0.3 is 39.9 Å². The van der Waals surface area contributed by atoms with Gasteiger partial charge in [-0.2, -0.15) is 0 Å². The molecule has 1 saturated heterocycles. The minimum absolute atomic E-state index is 0.107. The molecule has 4 aromatic rings. The van der Waals surface area contributed by atoms with E-state index in [0.29, 0.717) is 18.9 Å². The van der Waals surface area contributed by atoms with Crippen LogP contribution in [0.5, 0.6) is 0 Å². The van der Waals surface area contributed by atoms with Gasteiger partial charge in [0.25, 0.3) is 0 Å². The molecule has 14 heteroatoms. The lowest BCUT2D eigenvalue weighted by Crippen LogP contribution is -2.51. The van der Waals surface area contributed by atoms with E-state index in [2.05, 4.69) is 54.8 Å². The number of carbonyl (C=O) groups excluding carboxylic acids is 4. The molecule has 14 nitrogen and oxygen atoms in total. The highest BCUT2D eigenvalue weighted by molar-refractivity contribution is 5.87. The Hall–Kier alpha value is -5.92. The number of methoxy groups -OCH3 is 2. The van der Waals surface area contributed by atoms with Crippen LogP contribution in [0.1, 0.15) is 71.2 Å². The van der Waals surface area contributed by atoms with Crippen LogP contribution in [-0.4, -0.2) is 93.1 Å². The standard InChI is InChI=1S/C41H50N8O6/c1-23(2)34(46-40(52)54-6)38(50)48-18-8-9-32(48)36-42-20-30(44-36)28-14-10-26(11-15-28)27-12-16-29(17-13-27)31-21-43-37(45-31)33-19-25(5)22-49(33)39(51)35(24(3)4)47-41(53)55-7/h10-17,19-21,23-24,32-35H,8-9,18,22H2,1-7H3,(H,42,44)(H,43,45)(H,46,52)(H,47,53). The number of H-pyrrole nitrogens is 2. The lowest BCUT2D eigenvalue weighted by atomic mass is 10.0. The van der Waals surface area contributed by atoms with Gasteiger partial charge in [0.05, 0.1) is 44.0 Å². The van der Waals surface area contributed by atoms with Gasteiger partial charge >= 0.3 is 12.2 Å². The number of alkyl carbamates (subject to hydrolysis) is 2. The molecule has 0 saturated carbocycles. The largest absolute Gasteiger partial charge is 0.453 e. The van der Waals surface area contributed by atoms with Crippen molar-refractivity contribution in [2.45, 2.75) is 71.6 Å². The summed E-state index contributed by atoms with van der Waals surface area (Å²) in [6.07, 6.45) is 5.95. The number of nitrogens with one attached hydrogen (secondary N) is 4. The maximum Gasteiger partial charge on any atom is 0.407 e. The maximum atomic E-state index is 13.6. The Morgan fingerprint density at radius 3 is 1.65 bits per heavy atom. The smallest absolute Gasteiger partial charge is 0.407 e. The van der Waals surface area contributed by atoms with E-state index in [0.717, 1.165) is 57.9 Å². The first-order chi connectivity index (χ1) is 26.4. The molecule has 2 aliphatic rings. The van der Waals surface area contributed by atoms with E-state index < -0.39 is 30.3 Å². The summed E-state index contributed by atoms with van der Waals surface area (Å²) in [5, 5.41) is 5.37. The zero-order valence-electron chi connectivity index (χ0n) is 32.4. The minimum atomic E-state index is -0.732. The monoisotopic (exact) mass is 750 g/mol. The Bertz CT molecular complexity index is 2030. The van der Waals surface area contributed by atoms with E-state index in [-0.39, 0.29) is 29.7 Å². The quantitative estimate of drug-likeness (QED) is 0.128. The number of ether oxygens (including phenoxy) is 2. The van der Waals surface area contributed by atoms with Crippen molar-refractivity contribution >= 4 is 24.0 Å². The third-order valence-electron chi connectivity index (χ3n) is 10.3. The molecule has 0 spiro atoms. The van der Waals surface area contributed by atoms with Crippen molar-refractivity contribution in [1.29, 1.82) is 0 Å². The molecule has 2 aromatic heterocycles. The second-order valence-corrected chi connectivity index (χ2v) is 14.8. The number of hydrogen-bond donors (Lipinski definition) is 4. The van der Waals surface area contributed by atoms with Crippen LogP contribution in [0, 0.1) is 11.8 Å². The predicted molar refractivity (Wildman–Crippen MR) is 207 cm³/mol.